The summed E-state index contributed by atoms with van der Waals surface area (Å²) < 4.78 is 1.99. The summed E-state index contributed by atoms with van der Waals surface area (Å²) in [7, 11) is 2.03. The average Bonchev–Trinajstić information content (AvgIpc) is 2.90. The number of rotatable bonds is 5. The Bertz CT molecular complexity index is 592. The lowest BCUT2D eigenvalue weighted by molar-refractivity contribution is 0.206. The van der Waals surface area contributed by atoms with Crippen molar-refractivity contribution in [3.05, 3.63) is 53.9 Å². The highest BCUT2D eigenvalue weighted by molar-refractivity contribution is 5.14. The van der Waals surface area contributed by atoms with Gasteiger partial charge >= 0.3 is 0 Å². The van der Waals surface area contributed by atoms with Crippen LogP contribution in [0.15, 0.2) is 42.6 Å². The van der Waals surface area contributed by atoms with E-state index in [1.807, 2.05) is 17.9 Å². The lowest BCUT2D eigenvalue weighted by Gasteiger charge is -2.26. The molecule has 0 spiro atoms. The molecule has 23 heavy (non-hydrogen) atoms. The second-order valence-electron chi connectivity index (χ2n) is 6.63. The van der Waals surface area contributed by atoms with Gasteiger partial charge in [0, 0.05) is 57.6 Å². The molecule has 2 aromatic rings. The Hall–Kier alpha value is -1.65. The van der Waals surface area contributed by atoms with E-state index in [-0.39, 0.29) is 0 Å². The van der Waals surface area contributed by atoms with E-state index < -0.39 is 0 Å². The van der Waals surface area contributed by atoms with Gasteiger partial charge in [0.15, 0.2) is 0 Å². The third-order valence-electron chi connectivity index (χ3n) is 5.03. The molecule has 1 atom stereocenters. The highest BCUT2D eigenvalue weighted by Crippen LogP contribution is 2.15. The molecule has 1 fully saturated rings. The Kier molecular flexibility index (Phi) is 5.47. The summed E-state index contributed by atoms with van der Waals surface area (Å²) in [5.74, 6) is 0. The van der Waals surface area contributed by atoms with Crippen LogP contribution in [0, 0.1) is 0 Å². The minimum atomic E-state index is 0.650. The van der Waals surface area contributed by atoms with Crippen molar-refractivity contribution in [1.82, 2.24) is 19.6 Å². The van der Waals surface area contributed by atoms with Gasteiger partial charge < -0.3 is 4.90 Å². The van der Waals surface area contributed by atoms with E-state index in [1.165, 1.54) is 24.2 Å². The van der Waals surface area contributed by atoms with Crippen LogP contribution in [0.25, 0.3) is 0 Å². The summed E-state index contributed by atoms with van der Waals surface area (Å²) in [4.78, 5) is 5.23. The van der Waals surface area contributed by atoms with Gasteiger partial charge in [-0.1, -0.05) is 30.3 Å². The fourth-order valence-corrected chi connectivity index (χ4v) is 3.35. The van der Waals surface area contributed by atoms with Gasteiger partial charge in [0.25, 0.3) is 0 Å². The molecule has 0 amide bonds. The van der Waals surface area contributed by atoms with Crippen molar-refractivity contribution in [1.29, 1.82) is 0 Å². The summed E-state index contributed by atoms with van der Waals surface area (Å²) in [5.41, 5.74) is 2.74. The van der Waals surface area contributed by atoms with Crippen molar-refractivity contribution < 1.29 is 0 Å². The smallest absolute Gasteiger partial charge is 0.0492 e. The zero-order valence-electron chi connectivity index (χ0n) is 14.4. The Morgan fingerprint density at radius 2 is 1.91 bits per heavy atom. The van der Waals surface area contributed by atoms with Crippen molar-refractivity contribution >= 4 is 0 Å². The van der Waals surface area contributed by atoms with Crippen molar-refractivity contribution in [3.8, 4) is 0 Å². The fourth-order valence-electron chi connectivity index (χ4n) is 3.35. The van der Waals surface area contributed by atoms with Crippen LogP contribution in [-0.4, -0.2) is 51.8 Å². The third kappa shape index (κ3) is 4.43. The molecule has 1 aliphatic rings. The monoisotopic (exact) mass is 312 g/mol. The highest BCUT2D eigenvalue weighted by atomic mass is 15.3. The Morgan fingerprint density at radius 1 is 1.09 bits per heavy atom. The molecule has 2 heterocycles. The van der Waals surface area contributed by atoms with Crippen molar-refractivity contribution in [2.45, 2.75) is 32.4 Å². The van der Waals surface area contributed by atoms with Crippen LogP contribution >= 0.6 is 0 Å². The predicted molar refractivity (Wildman–Crippen MR) is 94.3 cm³/mol. The van der Waals surface area contributed by atoms with Gasteiger partial charge in [-0.25, -0.2) is 0 Å². The first-order chi connectivity index (χ1) is 11.2. The van der Waals surface area contributed by atoms with E-state index in [4.69, 9.17) is 0 Å². The summed E-state index contributed by atoms with van der Waals surface area (Å²) in [6, 6.07) is 13.6. The van der Waals surface area contributed by atoms with Gasteiger partial charge in [-0.2, -0.15) is 5.10 Å². The molecule has 0 saturated carbocycles. The first kappa shape index (κ1) is 16.2. The molecule has 3 rings (SSSR count). The summed E-state index contributed by atoms with van der Waals surface area (Å²) in [5, 5.41) is 4.26. The van der Waals surface area contributed by atoms with Gasteiger partial charge in [-0.05, 0) is 31.5 Å². The molecule has 0 unspecified atom stereocenters. The SMILES string of the molecule is C[C@@H]1CCN(CCc2ccnn2C)CCN1Cc1ccccc1. The molecular formula is C19H28N4. The van der Waals surface area contributed by atoms with Crippen LogP contribution in [-0.2, 0) is 20.0 Å². The van der Waals surface area contributed by atoms with E-state index in [2.05, 4.69) is 58.2 Å². The van der Waals surface area contributed by atoms with Crippen LogP contribution in [0.4, 0.5) is 0 Å². The maximum atomic E-state index is 4.26. The second kappa shape index (κ2) is 7.75. The lowest BCUT2D eigenvalue weighted by atomic mass is 10.1. The Balaban J connectivity index is 1.52. The maximum Gasteiger partial charge on any atom is 0.0492 e. The molecule has 0 bridgehead atoms. The van der Waals surface area contributed by atoms with Gasteiger partial charge in [-0.15, -0.1) is 0 Å². The fraction of sp³-hybridized carbons (Fsp3) is 0.526. The molecule has 4 heteroatoms. The van der Waals surface area contributed by atoms with Crippen molar-refractivity contribution in [2.24, 2.45) is 7.05 Å². The molecule has 4 nitrogen and oxygen atoms in total. The van der Waals surface area contributed by atoms with Crippen LogP contribution in [0.1, 0.15) is 24.6 Å². The molecule has 1 aromatic carbocycles. The van der Waals surface area contributed by atoms with E-state index in [0.717, 1.165) is 32.6 Å². The quantitative estimate of drug-likeness (QED) is 0.848. The number of nitrogens with zero attached hydrogens (tertiary/aromatic N) is 4. The number of benzene rings is 1. The van der Waals surface area contributed by atoms with E-state index in [0.29, 0.717) is 6.04 Å². The molecule has 124 valence electrons. The van der Waals surface area contributed by atoms with Gasteiger partial charge in [0.1, 0.15) is 0 Å². The summed E-state index contributed by atoms with van der Waals surface area (Å²) in [6.45, 7) is 8.08. The van der Waals surface area contributed by atoms with E-state index in [1.54, 1.807) is 0 Å². The molecule has 0 N–H and O–H groups in total. The molecule has 1 aromatic heterocycles. The number of aryl methyl sites for hydroxylation is 1. The van der Waals surface area contributed by atoms with Crippen molar-refractivity contribution in [2.75, 3.05) is 26.2 Å². The first-order valence-electron chi connectivity index (χ1n) is 8.69. The molecule has 1 saturated heterocycles. The Labute approximate surface area is 139 Å². The third-order valence-corrected chi connectivity index (χ3v) is 5.03. The zero-order valence-corrected chi connectivity index (χ0v) is 14.4. The molecule has 0 radical (unpaired) electrons. The molecular weight excluding hydrogens is 284 g/mol. The minimum absolute atomic E-state index is 0.650. The van der Waals surface area contributed by atoms with E-state index >= 15 is 0 Å². The van der Waals surface area contributed by atoms with Gasteiger partial charge in [-0.3, -0.25) is 9.58 Å². The van der Waals surface area contributed by atoms with Crippen LogP contribution in [0.3, 0.4) is 0 Å². The minimum Gasteiger partial charge on any atom is -0.302 e. The standard InChI is InChI=1S/C19H28N4/c1-17-9-12-22(13-10-19-8-11-20-21(19)2)14-15-23(17)16-18-6-4-3-5-7-18/h3-8,11,17H,9-10,12-16H2,1-2H3/t17-/m1/s1. The normalized spacial score (nSPS) is 20.5. The zero-order chi connectivity index (χ0) is 16.1. The summed E-state index contributed by atoms with van der Waals surface area (Å²) >= 11 is 0. The topological polar surface area (TPSA) is 24.3 Å². The number of aromatic nitrogens is 2. The van der Waals surface area contributed by atoms with Gasteiger partial charge in [0.05, 0.1) is 0 Å². The average molecular weight is 312 g/mol. The predicted octanol–water partition coefficient (Wildman–Crippen LogP) is 2.56. The summed E-state index contributed by atoms with van der Waals surface area (Å²) in [6.07, 6.45) is 4.23. The van der Waals surface area contributed by atoms with Crippen LogP contribution < -0.4 is 0 Å². The second-order valence-corrected chi connectivity index (χ2v) is 6.63. The van der Waals surface area contributed by atoms with Crippen LogP contribution in [0.5, 0.6) is 0 Å². The number of hydrogen-bond donors (Lipinski definition) is 0. The van der Waals surface area contributed by atoms with Gasteiger partial charge in [0.2, 0.25) is 0 Å². The molecule has 0 aliphatic carbocycles. The largest absolute Gasteiger partial charge is 0.302 e. The Morgan fingerprint density at radius 3 is 2.65 bits per heavy atom. The van der Waals surface area contributed by atoms with E-state index in [9.17, 15) is 0 Å². The van der Waals surface area contributed by atoms with Crippen LogP contribution in [0.2, 0.25) is 0 Å². The number of hydrogen-bond acceptors (Lipinski definition) is 3. The lowest BCUT2D eigenvalue weighted by Crippen LogP contribution is -2.34. The highest BCUT2D eigenvalue weighted by Gasteiger charge is 2.20. The molecule has 1 aliphatic heterocycles. The maximum absolute atomic E-state index is 4.26. The first-order valence-corrected chi connectivity index (χ1v) is 8.69. The van der Waals surface area contributed by atoms with Crippen molar-refractivity contribution in [3.63, 3.8) is 0 Å².